The molecule has 0 spiro atoms. The van der Waals surface area contributed by atoms with Gasteiger partial charge in [-0.25, -0.2) is 0 Å². The molecule has 0 aromatic rings. The molecule has 0 aromatic heterocycles. The number of ether oxygens (including phenoxy) is 6. The Kier molecular flexibility index (Phi) is 4.72. The van der Waals surface area contributed by atoms with Crippen LogP contribution < -0.4 is 0 Å². The van der Waals surface area contributed by atoms with E-state index in [9.17, 15) is 5.11 Å². The molecule has 0 radical (unpaired) electrons. The van der Waals surface area contributed by atoms with E-state index in [0.29, 0.717) is 6.61 Å². The Balaban J connectivity index is 1.69. The summed E-state index contributed by atoms with van der Waals surface area (Å²) >= 11 is 0. The average Bonchev–Trinajstić information content (AvgIpc) is 3.07. The van der Waals surface area contributed by atoms with Crippen molar-refractivity contribution in [2.45, 2.75) is 76.1 Å². The second kappa shape index (κ2) is 6.20. The maximum Gasteiger partial charge on any atom is 0.187 e. The highest BCUT2D eigenvalue weighted by atomic mass is 16.8. The molecule has 3 heterocycles. The summed E-state index contributed by atoms with van der Waals surface area (Å²) in [6.45, 7) is 7.34. The zero-order chi connectivity index (χ0) is 16.8. The SMILES string of the molecule is CC1(C)O[C@@H]2[C@H](O1)[C@@H](OCC(O)CO)O[C@@H]2[C@H]1COC(C)(C)O1. The van der Waals surface area contributed by atoms with E-state index in [4.69, 9.17) is 33.5 Å². The molecule has 0 amide bonds. The Morgan fingerprint density at radius 2 is 1.74 bits per heavy atom. The van der Waals surface area contributed by atoms with Gasteiger partial charge in [0.05, 0.1) is 19.8 Å². The molecule has 23 heavy (non-hydrogen) atoms. The van der Waals surface area contributed by atoms with Crippen molar-refractivity contribution in [3.63, 3.8) is 0 Å². The van der Waals surface area contributed by atoms with Crippen molar-refractivity contribution in [2.24, 2.45) is 0 Å². The van der Waals surface area contributed by atoms with Crippen molar-refractivity contribution in [2.75, 3.05) is 19.8 Å². The lowest BCUT2D eigenvalue weighted by molar-refractivity contribution is -0.251. The summed E-state index contributed by atoms with van der Waals surface area (Å²) < 4.78 is 34.8. The van der Waals surface area contributed by atoms with Crippen LogP contribution in [0.2, 0.25) is 0 Å². The van der Waals surface area contributed by atoms with Crippen molar-refractivity contribution in [1.29, 1.82) is 0 Å². The van der Waals surface area contributed by atoms with Gasteiger partial charge in [0, 0.05) is 0 Å². The fourth-order valence-corrected chi connectivity index (χ4v) is 3.16. The maximum absolute atomic E-state index is 9.46. The van der Waals surface area contributed by atoms with Crippen LogP contribution in [0, 0.1) is 0 Å². The highest BCUT2D eigenvalue weighted by Crippen LogP contribution is 2.42. The topological polar surface area (TPSA) is 95.8 Å². The van der Waals surface area contributed by atoms with E-state index in [-0.39, 0.29) is 31.5 Å². The summed E-state index contributed by atoms with van der Waals surface area (Å²) in [6, 6.07) is 0. The first kappa shape index (κ1) is 17.5. The van der Waals surface area contributed by atoms with Crippen LogP contribution in [0.1, 0.15) is 27.7 Å². The van der Waals surface area contributed by atoms with Gasteiger partial charge in [-0.15, -0.1) is 0 Å². The molecule has 3 saturated heterocycles. The summed E-state index contributed by atoms with van der Waals surface area (Å²) in [5, 5.41) is 18.4. The zero-order valence-electron chi connectivity index (χ0n) is 13.9. The first-order chi connectivity index (χ1) is 10.7. The van der Waals surface area contributed by atoms with Gasteiger partial charge in [-0.3, -0.25) is 0 Å². The standard InChI is InChI=1S/C15H26O8/c1-14(2)19-7-9(21-14)10-11-12(23-15(3,4)22-11)13(20-10)18-6-8(17)5-16/h8-13,16-17H,5-7H2,1-4H3/t8?,9-,10-,11+,12+,13+/m1/s1. The Labute approximate surface area is 135 Å². The lowest BCUT2D eigenvalue weighted by Crippen LogP contribution is -2.40. The molecular formula is C15H26O8. The molecule has 0 saturated carbocycles. The molecule has 3 aliphatic rings. The van der Waals surface area contributed by atoms with Gasteiger partial charge in [0.1, 0.15) is 30.5 Å². The van der Waals surface area contributed by atoms with Crippen LogP contribution in [0.5, 0.6) is 0 Å². The molecule has 1 unspecified atom stereocenters. The van der Waals surface area contributed by atoms with Crippen molar-refractivity contribution in [3.8, 4) is 0 Å². The number of aliphatic hydroxyl groups is 2. The first-order valence-electron chi connectivity index (χ1n) is 7.94. The third-order valence-corrected chi connectivity index (χ3v) is 4.11. The van der Waals surface area contributed by atoms with Gasteiger partial charge in [0.25, 0.3) is 0 Å². The molecule has 3 rings (SSSR count). The Hall–Kier alpha value is -0.320. The second-order valence-electron chi connectivity index (χ2n) is 7.07. The maximum atomic E-state index is 9.46. The van der Waals surface area contributed by atoms with Gasteiger partial charge in [-0.05, 0) is 27.7 Å². The predicted octanol–water partition coefficient (Wildman–Crippen LogP) is -0.247. The van der Waals surface area contributed by atoms with Crippen LogP contribution in [0.3, 0.4) is 0 Å². The van der Waals surface area contributed by atoms with Crippen LogP contribution in [-0.2, 0) is 28.4 Å². The Morgan fingerprint density at radius 3 is 2.35 bits per heavy atom. The molecule has 2 N–H and O–H groups in total. The summed E-state index contributed by atoms with van der Waals surface area (Å²) in [6.07, 6.45) is -3.10. The van der Waals surface area contributed by atoms with Gasteiger partial charge in [0.15, 0.2) is 17.9 Å². The molecule has 3 aliphatic heterocycles. The van der Waals surface area contributed by atoms with Gasteiger partial charge in [0.2, 0.25) is 0 Å². The van der Waals surface area contributed by atoms with Gasteiger partial charge in [-0.2, -0.15) is 0 Å². The smallest absolute Gasteiger partial charge is 0.187 e. The molecule has 8 nitrogen and oxygen atoms in total. The van der Waals surface area contributed by atoms with E-state index >= 15 is 0 Å². The molecule has 134 valence electrons. The van der Waals surface area contributed by atoms with E-state index in [0.717, 1.165) is 0 Å². The molecule has 0 aromatic carbocycles. The van der Waals surface area contributed by atoms with Crippen LogP contribution in [0.4, 0.5) is 0 Å². The Bertz CT molecular complexity index is 426. The number of rotatable bonds is 5. The summed E-state index contributed by atoms with van der Waals surface area (Å²) in [4.78, 5) is 0. The lowest BCUT2D eigenvalue weighted by atomic mass is 10.1. The average molecular weight is 334 g/mol. The minimum atomic E-state index is -0.962. The predicted molar refractivity (Wildman–Crippen MR) is 76.4 cm³/mol. The van der Waals surface area contributed by atoms with Crippen LogP contribution in [0.15, 0.2) is 0 Å². The van der Waals surface area contributed by atoms with Crippen LogP contribution >= 0.6 is 0 Å². The third kappa shape index (κ3) is 3.69. The van der Waals surface area contributed by atoms with Gasteiger partial charge in [-0.1, -0.05) is 0 Å². The molecule has 8 heteroatoms. The van der Waals surface area contributed by atoms with Crippen molar-refractivity contribution < 1.29 is 38.6 Å². The highest BCUT2D eigenvalue weighted by Gasteiger charge is 2.59. The molecule has 0 bridgehead atoms. The minimum Gasteiger partial charge on any atom is -0.394 e. The largest absolute Gasteiger partial charge is 0.394 e. The van der Waals surface area contributed by atoms with Gasteiger partial charge >= 0.3 is 0 Å². The molecular weight excluding hydrogens is 308 g/mol. The molecule has 0 aliphatic carbocycles. The minimum absolute atomic E-state index is 0.0472. The normalized spacial score (nSPS) is 42.8. The molecule has 6 atom stereocenters. The fourth-order valence-electron chi connectivity index (χ4n) is 3.16. The molecule has 3 fully saturated rings. The first-order valence-corrected chi connectivity index (χ1v) is 7.94. The van der Waals surface area contributed by atoms with E-state index in [1.165, 1.54) is 0 Å². The summed E-state index contributed by atoms with van der Waals surface area (Å²) in [5.41, 5.74) is 0. The van der Waals surface area contributed by atoms with E-state index in [2.05, 4.69) is 0 Å². The highest BCUT2D eigenvalue weighted by molar-refractivity contribution is 4.99. The monoisotopic (exact) mass is 334 g/mol. The van der Waals surface area contributed by atoms with Crippen LogP contribution in [-0.4, -0.2) is 78.4 Å². The number of hydrogen-bond donors (Lipinski definition) is 2. The number of hydrogen-bond acceptors (Lipinski definition) is 8. The Morgan fingerprint density at radius 1 is 1.04 bits per heavy atom. The quantitative estimate of drug-likeness (QED) is 0.711. The van der Waals surface area contributed by atoms with Crippen molar-refractivity contribution in [1.82, 2.24) is 0 Å². The fraction of sp³-hybridized carbons (Fsp3) is 1.00. The summed E-state index contributed by atoms with van der Waals surface area (Å²) in [5.74, 6) is -1.41. The van der Waals surface area contributed by atoms with E-state index in [1.807, 2.05) is 27.7 Å². The zero-order valence-corrected chi connectivity index (χ0v) is 13.9. The van der Waals surface area contributed by atoms with Crippen molar-refractivity contribution in [3.05, 3.63) is 0 Å². The third-order valence-electron chi connectivity index (χ3n) is 4.11. The van der Waals surface area contributed by atoms with Crippen LogP contribution in [0.25, 0.3) is 0 Å². The van der Waals surface area contributed by atoms with E-state index < -0.39 is 30.1 Å². The van der Waals surface area contributed by atoms with Gasteiger partial charge < -0.3 is 38.6 Å². The number of fused-ring (bicyclic) bond motifs is 1. The lowest BCUT2D eigenvalue weighted by Gasteiger charge is -2.27. The van der Waals surface area contributed by atoms with E-state index in [1.54, 1.807) is 0 Å². The van der Waals surface area contributed by atoms with Crippen molar-refractivity contribution >= 4 is 0 Å². The second-order valence-corrected chi connectivity index (χ2v) is 7.07. The number of aliphatic hydroxyl groups excluding tert-OH is 2. The summed E-state index contributed by atoms with van der Waals surface area (Å²) in [7, 11) is 0.